The number of benzene rings is 1. The molecule has 3 saturated heterocycles. The van der Waals surface area contributed by atoms with Gasteiger partial charge in [0.05, 0.1) is 19.8 Å². The van der Waals surface area contributed by atoms with Crippen molar-refractivity contribution in [1.82, 2.24) is 0 Å². The van der Waals surface area contributed by atoms with E-state index in [1.54, 1.807) is 0 Å². The molecule has 3 aliphatic rings. The molecule has 0 aliphatic carbocycles. The molecule has 0 aromatic heterocycles. The van der Waals surface area contributed by atoms with Crippen LogP contribution in [0.5, 0.6) is 0 Å². The highest BCUT2D eigenvalue weighted by Gasteiger charge is 2.53. The molecule has 0 saturated carbocycles. The van der Waals surface area contributed by atoms with E-state index in [1.165, 1.54) is 12.1 Å². The average molecular weight is 270 g/mol. The molecule has 3 nitrogen and oxygen atoms in total. The minimum Gasteiger partial charge on any atom is -0.323 e. The Balaban J connectivity index is 1.87. The lowest BCUT2D eigenvalue weighted by Crippen LogP contribution is -2.58. The highest BCUT2D eigenvalue weighted by atomic mass is 19.1. The summed E-state index contributed by atoms with van der Waals surface area (Å²) >= 11 is 0. The van der Waals surface area contributed by atoms with E-state index in [1.807, 2.05) is 0 Å². The Morgan fingerprint density at radius 1 is 1.00 bits per heavy atom. The van der Waals surface area contributed by atoms with E-state index in [4.69, 9.17) is 14.2 Å². The molecule has 4 rings (SSSR count). The minimum absolute atomic E-state index is 0.123. The summed E-state index contributed by atoms with van der Waals surface area (Å²) in [6.07, 6.45) is 1.96. The molecule has 0 spiro atoms. The van der Waals surface area contributed by atoms with E-state index in [2.05, 4.69) is 6.92 Å². The van der Waals surface area contributed by atoms with Crippen LogP contribution in [0.1, 0.15) is 25.3 Å². The second-order valence-electron chi connectivity index (χ2n) is 5.33. The van der Waals surface area contributed by atoms with Gasteiger partial charge >= 0.3 is 5.97 Å². The first kappa shape index (κ1) is 13.0. The van der Waals surface area contributed by atoms with Gasteiger partial charge in [-0.1, -0.05) is 13.3 Å². The molecule has 0 atom stereocenters. The largest absolute Gasteiger partial charge is 0.323 e. The number of hydrogen-bond acceptors (Lipinski definition) is 3. The van der Waals surface area contributed by atoms with Gasteiger partial charge in [0.15, 0.2) is 0 Å². The zero-order valence-electron chi connectivity index (χ0n) is 10.7. The summed E-state index contributed by atoms with van der Waals surface area (Å²) < 4.78 is 43.5. The van der Waals surface area contributed by atoms with Crippen molar-refractivity contribution < 1.29 is 23.0 Å². The molecule has 3 heterocycles. The zero-order valence-corrected chi connectivity index (χ0v) is 10.7. The third-order valence-corrected chi connectivity index (χ3v) is 3.70. The maximum Gasteiger partial charge on any atom is 0.312 e. The Kier molecular flexibility index (Phi) is 3.08. The van der Waals surface area contributed by atoms with E-state index in [-0.39, 0.29) is 11.0 Å². The maximum atomic E-state index is 13.3. The van der Waals surface area contributed by atoms with Crippen LogP contribution in [0.4, 0.5) is 8.78 Å². The molecule has 104 valence electrons. The Bertz CT molecular complexity index is 445. The highest BCUT2D eigenvalue weighted by Crippen LogP contribution is 2.46. The predicted molar refractivity (Wildman–Crippen MR) is 63.2 cm³/mol. The van der Waals surface area contributed by atoms with E-state index in [0.29, 0.717) is 19.8 Å². The highest BCUT2D eigenvalue weighted by molar-refractivity contribution is 5.22. The van der Waals surface area contributed by atoms with E-state index < -0.39 is 17.6 Å². The topological polar surface area (TPSA) is 27.7 Å². The monoisotopic (exact) mass is 270 g/mol. The van der Waals surface area contributed by atoms with Gasteiger partial charge in [0.1, 0.15) is 11.6 Å². The molecule has 5 heteroatoms. The quantitative estimate of drug-likeness (QED) is 0.845. The summed E-state index contributed by atoms with van der Waals surface area (Å²) in [6.45, 7) is 3.55. The van der Waals surface area contributed by atoms with Crippen LogP contribution < -0.4 is 0 Å². The van der Waals surface area contributed by atoms with Gasteiger partial charge in [-0.05, 0) is 18.6 Å². The van der Waals surface area contributed by atoms with Crippen LogP contribution in [0.25, 0.3) is 0 Å². The molecule has 3 fully saturated rings. The number of rotatable bonds is 3. The smallest absolute Gasteiger partial charge is 0.312 e. The number of fused-ring (bicyclic) bond motifs is 3. The van der Waals surface area contributed by atoms with Crippen LogP contribution in [-0.2, 0) is 20.2 Å². The van der Waals surface area contributed by atoms with Crippen LogP contribution in [0.2, 0.25) is 0 Å². The predicted octanol–water partition coefficient (Wildman–Crippen LogP) is 2.94. The van der Waals surface area contributed by atoms with Crippen molar-refractivity contribution in [3.8, 4) is 0 Å². The van der Waals surface area contributed by atoms with Gasteiger partial charge in [-0.3, -0.25) is 0 Å². The first-order valence-corrected chi connectivity index (χ1v) is 6.46. The summed E-state index contributed by atoms with van der Waals surface area (Å²) in [6, 6.07) is 3.18. The van der Waals surface area contributed by atoms with Crippen molar-refractivity contribution in [3.05, 3.63) is 35.4 Å². The molecule has 0 amide bonds. The summed E-state index contributed by atoms with van der Waals surface area (Å²) in [5.74, 6) is -2.79. The van der Waals surface area contributed by atoms with E-state index in [9.17, 15) is 8.78 Å². The molecule has 3 aliphatic heterocycles. The lowest BCUT2D eigenvalue weighted by Gasteiger charge is -2.51. The Morgan fingerprint density at radius 3 is 2.00 bits per heavy atom. The molecular weight excluding hydrogens is 254 g/mol. The van der Waals surface area contributed by atoms with E-state index in [0.717, 1.165) is 18.9 Å². The SMILES string of the molecule is CCCC12COC(c3cc(F)cc(F)c3)(OC1)OC2. The molecule has 1 aromatic rings. The minimum atomic E-state index is -1.45. The number of ether oxygens (including phenoxy) is 3. The van der Waals surface area contributed by atoms with Gasteiger partial charge < -0.3 is 14.2 Å². The van der Waals surface area contributed by atoms with Crippen molar-refractivity contribution in [1.29, 1.82) is 0 Å². The number of halogens is 2. The molecular formula is C14H16F2O3. The Hall–Kier alpha value is -1.04. The van der Waals surface area contributed by atoms with Gasteiger partial charge in [0.2, 0.25) is 0 Å². The van der Waals surface area contributed by atoms with Gasteiger partial charge in [-0.25, -0.2) is 8.78 Å². The lowest BCUT2D eigenvalue weighted by molar-refractivity contribution is -0.480. The standard InChI is InChI=1S/C14H16F2O3/c1-2-3-13-7-17-14(18-8-13,19-9-13)10-4-11(15)6-12(16)5-10/h4-6H,2-3,7-9H2,1H3. The zero-order chi connectivity index (χ0) is 13.5. The first-order chi connectivity index (χ1) is 9.07. The fourth-order valence-electron chi connectivity index (χ4n) is 2.72. The lowest BCUT2D eigenvalue weighted by atomic mass is 9.84. The van der Waals surface area contributed by atoms with Crippen LogP contribution in [0.3, 0.4) is 0 Å². The molecule has 0 N–H and O–H groups in total. The van der Waals surface area contributed by atoms with Crippen molar-refractivity contribution in [3.63, 3.8) is 0 Å². The summed E-state index contributed by atoms with van der Waals surface area (Å²) in [5, 5.41) is 0. The van der Waals surface area contributed by atoms with Gasteiger partial charge in [0, 0.05) is 17.0 Å². The van der Waals surface area contributed by atoms with Gasteiger partial charge in [-0.2, -0.15) is 0 Å². The Morgan fingerprint density at radius 2 is 1.53 bits per heavy atom. The molecule has 19 heavy (non-hydrogen) atoms. The second-order valence-corrected chi connectivity index (χ2v) is 5.33. The molecule has 0 radical (unpaired) electrons. The molecule has 1 aromatic carbocycles. The maximum absolute atomic E-state index is 13.3. The van der Waals surface area contributed by atoms with Crippen LogP contribution in [0, 0.1) is 17.0 Å². The fourth-order valence-corrected chi connectivity index (χ4v) is 2.72. The molecule has 0 unspecified atom stereocenters. The summed E-state index contributed by atoms with van der Waals surface area (Å²) in [4.78, 5) is 0. The molecule has 2 bridgehead atoms. The van der Waals surface area contributed by atoms with E-state index >= 15 is 0 Å². The first-order valence-electron chi connectivity index (χ1n) is 6.46. The van der Waals surface area contributed by atoms with Crippen molar-refractivity contribution in [2.24, 2.45) is 5.41 Å². The fraction of sp³-hybridized carbons (Fsp3) is 0.571. The Labute approximate surface area is 110 Å². The second kappa shape index (κ2) is 4.51. The average Bonchev–Trinajstić information content (AvgIpc) is 2.40. The summed E-state index contributed by atoms with van der Waals surface area (Å²) in [5.41, 5.74) is 0.109. The summed E-state index contributed by atoms with van der Waals surface area (Å²) in [7, 11) is 0. The van der Waals surface area contributed by atoms with Crippen molar-refractivity contribution in [2.45, 2.75) is 25.7 Å². The van der Waals surface area contributed by atoms with Gasteiger partial charge in [0.25, 0.3) is 0 Å². The normalized spacial score (nSPS) is 33.6. The third-order valence-electron chi connectivity index (χ3n) is 3.70. The van der Waals surface area contributed by atoms with Crippen molar-refractivity contribution in [2.75, 3.05) is 19.8 Å². The third kappa shape index (κ3) is 2.16. The number of hydrogen-bond donors (Lipinski definition) is 0. The van der Waals surface area contributed by atoms with Crippen LogP contribution in [-0.4, -0.2) is 19.8 Å². The van der Waals surface area contributed by atoms with Crippen molar-refractivity contribution >= 4 is 0 Å². The van der Waals surface area contributed by atoms with Crippen LogP contribution >= 0.6 is 0 Å². The van der Waals surface area contributed by atoms with Gasteiger partial charge in [-0.15, -0.1) is 0 Å². The van der Waals surface area contributed by atoms with Crippen LogP contribution in [0.15, 0.2) is 18.2 Å².